The van der Waals surface area contributed by atoms with Gasteiger partial charge in [0.25, 0.3) is 0 Å². The number of aromatic nitrogens is 2. The summed E-state index contributed by atoms with van der Waals surface area (Å²) in [5, 5.41) is 5.52. The molecule has 0 unspecified atom stereocenters. The van der Waals surface area contributed by atoms with E-state index in [1.165, 1.54) is 6.33 Å². The molecule has 8 nitrogen and oxygen atoms in total. The first-order chi connectivity index (χ1) is 8.26. The van der Waals surface area contributed by atoms with Crippen molar-refractivity contribution in [1.29, 1.82) is 0 Å². The summed E-state index contributed by atoms with van der Waals surface area (Å²) in [6.07, 6.45) is 1.35. The van der Waals surface area contributed by atoms with Crippen LogP contribution in [0.15, 0.2) is 12.4 Å². The maximum atomic E-state index is 11.3. The Hall–Kier alpha value is -1.93. The zero-order valence-corrected chi connectivity index (χ0v) is 9.56. The van der Waals surface area contributed by atoms with Gasteiger partial charge in [0.15, 0.2) is 0 Å². The summed E-state index contributed by atoms with van der Waals surface area (Å²) in [5.74, 6) is 6.06. The van der Waals surface area contributed by atoms with Gasteiger partial charge in [-0.1, -0.05) is 0 Å². The molecule has 0 radical (unpaired) electrons. The first-order valence-electron chi connectivity index (χ1n) is 5.04. The van der Waals surface area contributed by atoms with E-state index < -0.39 is 0 Å². The summed E-state index contributed by atoms with van der Waals surface area (Å²) in [7, 11) is 1.58. The molecule has 1 aromatic heterocycles. The number of nitrogens with one attached hydrogen (secondary N) is 3. The second kappa shape index (κ2) is 7.36. The van der Waals surface area contributed by atoms with Crippen LogP contribution in [0.5, 0.6) is 0 Å². The van der Waals surface area contributed by atoms with Gasteiger partial charge in [0.1, 0.15) is 18.0 Å². The van der Waals surface area contributed by atoms with Gasteiger partial charge in [0, 0.05) is 19.7 Å². The van der Waals surface area contributed by atoms with Crippen LogP contribution in [0, 0.1) is 0 Å². The summed E-state index contributed by atoms with van der Waals surface area (Å²) < 4.78 is 4.81. The Bertz CT molecular complexity index is 359. The van der Waals surface area contributed by atoms with E-state index in [0.717, 1.165) is 0 Å². The van der Waals surface area contributed by atoms with Crippen molar-refractivity contribution in [2.45, 2.75) is 0 Å². The Balaban J connectivity index is 2.31. The smallest absolute Gasteiger partial charge is 0.239 e. The number of hydrogen-bond donors (Lipinski definition) is 4. The molecule has 0 fully saturated rings. The number of nitrogens with two attached hydrogens (primary N) is 1. The van der Waals surface area contributed by atoms with Crippen molar-refractivity contribution in [3.63, 3.8) is 0 Å². The molecule has 8 heteroatoms. The van der Waals surface area contributed by atoms with Crippen molar-refractivity contribution in [2.24, 2.45) is 5.84 Å². The Labute approximate surface area is 98.9 Å². The van der Waals surface area contributed by atoms with E-state index in [1.807, 2.05) is 0 Å². The lowest BCUT2D eigenvalue weighted by Crippen LogP contribution is -2.32. The van der Waals surface area contributed by atoms with Gasteiger partial charge >= 0.3 is 0 Å². The SMILES string of the molecule is COCCNC(=O)CNc1cc(NN)ncn1. The maximum absolute atomic E-state index is 11.3. The summed E-state index contributed by atoms with van der Waals surface area (Å²) >= 11 is 0. The van der Waals surface area contributed by atoms with Crippen molar-refractivity contribution in [2.75, 3.05) is 37.5 Å². The van der Waals surface area contributed by atoms with Crippen LogP contribution in [0.3, 0.4) is 0 Å². The third-order valence-corrected chi connectivity index (χ3v) is 1.87. The highest BCUT2D eigenvalue weighted by Gasteiger charge is 2.01. The van der Waals surface area contributed by atoms with Crippen LogP contribution in [0.2, 0.25) is 0 Å². The number of anilines is 2. The van der Waals surface area contributed by atoms with Crippen molar-refractivity contribution < 1.29 is 9.53 Å². The van der Waals surface area contributed by atoms with Crippen molar-refractivity contribution >= 4 is 17.5 Å². The normalized spacial score (nSPS) is 9.76. The second-order valence-corrected chi connectivity index (χ2v) is 3.13. The van der Waals surface area contributed by atoms with Gasteiger partial charge in [-0.15, -0.1) is 0 Å². The number of ether oxygens (including phenoxy) is 1. The minimum Gasteiger partial charge on any atom is -0.383 e. The first-order valence-corrected chi connectivity index (χ1v) is 5.04. The average molecular weight is 240 g/mol. The van der Waals surface area contributed by atoms with Crippen LogP contribution in [0.4, 0.5) is 11.6 Å². The summed E-state index contributed by atoms with van der Waals surface area (Å²) in [4.78, 5) is 19.1. The fourth-order valence-corrected chi connectivity index (χ4v) is 1.06. The fraction of sp³-hybridized carbons (Fsp3) is 0.444. The Morgan fingerprint density at radius 3 is 2.94 bits per heavy atom. The van der Waals surface area contributed by atoms with Crippen LogP contribution in [0.1, 0.15) is 0 Å². The molecule has 0 aliphatic carbocycles. The summed E-state index contributed by atoms with van der Waals surface area (Å²) in [6, 6.07) is 1.60. The molecule has 0 aromatic carbocycles. The molecule has 1 rings (SSSR count). The van der Waals surface area contributed by atoms with Gasteiger partial charge in [0.05, 0.1) is 13.2 Å². The predicted octanol–water partition coefficient (Wildman–Crippen LogP) is -1.06. The number of nitrogen functional groups attached to an aromatic ring is 1. The van der Waals surface area contributed by atoms with Gasteiger partial charge in [0.2, 0.25) is 5.91 Å². The van der Waals surface area contributed by atoms with Crippen molar-refractivity contribution in [3.8, 4) is 0 Å². The zero-order valence-electron chi connectivity index (χ0n) is 9.56. The number of amides is 1. The molecule has 94 valence electrons. The highest BCUT2D eigenvalue weighted by atomic mass is 16.5. The lowest BCUT2D eigenvalue weighted by molar-refractivity contribution is -0.119. The van der Waals surface area contributed by atoms with Crippen LogP contribution in [-0.4, -0.2) is 42.7 Å². The lowest BCUT2D eigenvalue weighted by atomic mass is 10.5. The quantitative estimate of drug-likeness (QED) is 0.273. The highest BCUT2D eigenvalue weighted by molar-refractivity contribution is 5.80. The molecule has 0 atom stereocenters. The molecule has 1 aromatic rings. The second-order valence-electron chi connectivity index (χ2n) is 3.13. The molecule has 5 N–H and O–H groups in total. The molecule has 17 heavy (non-hydrogen) atoms. The van der Waals surface area contributed by atoms with E-state index in [2.05, 4.69) is 26.0 Å². The van der Waals surface area contributed by atoms with Crippen LogP contribution in [0.25, 0.3) is 0 Å². The first kappa shape index (κ1) is 13.1. The number of rotatable bonds is 7. The highest BCUT2D eigenvalue weighted by Crippen LogP contribution is 2.05. The third kappa shape index (κ3) is 5.09. The third-order valence-electron chi connectivity index (χ3n) is 1.87. The number of methoxy groups -OCH3 is 1. The lowest BCUT2D eigenvalue weighted by Gasteiger charge is -2.07. The van der Waals surface area contributed by atoms with Crippen molar-refractivity contribution in [1.82, 2.24) is 15.3 Å². The molecule has 1 heterocycles. The van der Waals surface area contributed by atoms with E-state index in [1.54, 1.807) is 13.2 Å². The number of hydrogen-bond acceptors (Lipinski definition) is 7. The van der Waals surface area contributed by atoms with E-state index >= 15 is 0 Å². The number of nitrogens with zero attached hydrogens (tertiary/aromatic N) is 2. The molecular formula is C9H16N6O2. The molecule has 0 saturated heterocycles. The molecule has 0 bridgehead atoms. The van der Waals surface area contributed by atoms with Crippen LogP contribution in [-0.2, 0) is 9.53 Å². The fourth-order valence-electron chi connectivity index (χ4n) is 1.06. The monoisotopic (exact) mass is 240 g/mol. The number of carbonyl (C=O) groups is 1. The largest absolute Gasteiger partial charge is 0.383 e. The molecule has 0 aliphatic heterocycles. The van der Waals surface area contributed by atoms with Gasteiger partial charge in [-0.25, -0.2) is 15.8 Å². The Morgan fingerprint density at radius 2 is 2.24 bits per heavy atom. The van der Waals surface area contributed by atoms with Gasteiger partial charge in [-0.05, 0) is 0 Å². The topological polar surface area (TPSA) is 114 Å². The number of carbonyl (C=O) groups excluding carboxylic acids is 1. The minimum atomic E-state index is -0.136. The maximum Gasteiger partial charge on any atom is 0.239 e. The van der Waals surface area contributed by atoms with Gasteiger partial charge in [-0.2, -0.15) is 0 Å². The molecule has 0 spiro atoms. The molecule has 0 aliphatic rings. The summed E-state index contributed by atoms with van der Waals surface area (Å²) in [6.45, 7) is 1.10. The van der Waals surface area contributed by atoms with Crippen molar-refractivity contribution in [3.05, 3.63) is 12.4 Å². The van der Waals surface area contributed by atoms with Crippen LogP contribution < -0.4 is 21.9 Å². The molecule has 1 amide bonds. The van der Waals surface area contributed by atoms with Gasteiger partial charge in [-0.3, -0.25) is 4.79 Å². The molecular weight excluding hydrogens is 224 g/mol. The Morgan fingerprint density at radius 1 is 1.47 bits per heavy atom. The Kier molecular flexibility index (Phi) is 5.69. The predicted molar refractivity (Wildman–Crippen MR) is 63.2 cm³/mol. The minimum absolute atomic E-state index is 0.130. The average Bonchev–Trinajstić information content (AvgIpc) is 2.37. The van der Waals surface area contributed by atoms with Crippen LogP contribution >= 0.6 is 0 Å². The standard InChI is InChI=1S/C9H16N6O2/c1-17-3-2-11-9(16)5-12-7-4-8(15-10)14-6-13-7/h4,6H,2-3,5,10H2,1H3,(H,11,16)(H2,12,13,14,15). The van der Waals surface area contributed by atoms with E-state index in [4.69, 9.17) is 10.6 Å². The zero-order chi connectivity index (χ0) is 12.5. The van der Waals surface area contributed by atoms with E-state index in [-0.39, 0.29) is 12.5 Å². The van der Waals surface area contributed by atoms with E-state index in [9.17, 15) is 4.79 Å². The van der Waals surface area contributed by atoms with Gasteiger partial charge < -0.3 is 20.8 Å². The molecule has 0 saturated carbocycles. The van der Waals surface area contributed by atoms with E-state index in [0.29, 0.717) is 24.8 Å². The summed E-state index contributed by atoms with van der Waals surface area (Å²) in [5.41, 5.74) is 2.39. The number of hydrazine groups is 1.